The minimum atomic E-state index is 0.432. The SMILES string of the molecule is NCc1nnn(-c2ccc(Oc3ccccc3)cc2)c1C1CC1. The van der Waals surface area contributed by atoms with Crippen LogP contribution >= 0.6 is 0 Å². The van der Waals surface area contributed by atoms with Crippen LogP contribution in [0, 0.1) is 0 Å². The lowest BCUT2D eigenvalue weighted by atomic mass is 10.2. The lowest BCUT2D eigenvalue weighted by molar-refractivity contribution is 0.482. The molecule has 0 spiro atoms. The predicted octanol–water partition coefficient (Wildman–Crippen LogP) is 3.40. The van der Waals surface area contributed by atoms with Crippen LogP contribution in [0.4, 0.5) is 0 Å². The van der Waals surface area contributed by atoms with Gasteiger partial charge in [-0.15, -0.1) is 5.10 Å². The van der Waals surface area contributed by atoms with E-state index in [2.05, 4.69) is 10.3 Å². The summed E-state index contributed by atoms with van der Waals surface area (Å²) in [5.74, 6) is 2.17. The summed E-state index contributed by atoms with van der Waals surface area (Å²) in [5, 5.41) is 8.50. The molecule has 5 nitrogen and oxygen atoms in total. The fraction of sp³-hybridized carbons (Fsp3) is 0.222. The Morgan fingerprint density at radius 1 is 1.00 bits per heavy atom. The fourth-order valence-electron chi connectivity index (χ4n) is 2.70. The van der Waals surface area contributed by atoms with E-state index < -0.39 is 0 Å². The monoisotopic (exact) mass is 306 g/mol. The molecule has 0 atom stereocenters. The van der Waals surface area contributed by atoms with Crippen molar-refractivity contribution in [3.8, 4) is 17.2 Å². The number of aromatic nitrogens is 3. The molecular weight excluding hydrogens is 288 g/mol. The summed E-state index contributed by atoms with van der Waals surface area (Å²) in [5.41, 5.74) is 8.82. The van der Waals surface area contributed by atoms with Crippen LogP contribution in [-0.2, 0) is 6.54 Å². The highest BCUT2D eigenvalue weighted by Gasteiger charge is 2.31. The van der Waals surface area contributed by atoms with Gasteiger partial charge >= 0.3 is 0 Å². The van der Waals surface area contributed by atoms with Gasteiger partial charge in [0.05, 0.1) is 11.4 Å². The van der Waals surface area contributed by atoms with Gasteiger partial charge in [0, 0.05) is 12.5 Å². The van der Waals surface area contributed by atoms with Crippen molar-refractivity contribution in [2.45, 2.75) is 25.3 Å². The normalized spacial score (nSPS) is 14.0. The number of hydrogen-bond donors (Lipinski definition) is 1. The Hall–Kier alpha value is -2.66. The first-order valence-corrected chi connectivity index (χ1v) is 7.83. The van der Waals surface area contributed by atoms with Crippen LogP contribution < -0.4 is 10.5 Å². The van der Waals surface area contributed by atoms with Gasteiger partial charge in [-0.05, 0) is 49.2 Å². The number of benzene rings is 2. The zero-order chi connectivity index (χ0) is 15.6. The third-order valence-electron chi connectivity index (χ3n) is 4.00. The molecule has 2 N–H and O–H groups in total. The summed E-state index contributed by atoms with van der Waals surface area (Å²) in [6.07, 6.45) is 2.38. The molecule has 0 radical (unpaired) electrons. The van der Waals surface area contributed by atoms with Crippen LogP contribution in [0.1, 0.15) is 30.1 Å². The second-order valence-corrected chi connectivity index (χ2v) is 5.72. The predicted molar refractivity (Wildman–Crippen MR) is 87.7 cm³/mol. The molecule has 1 aromatic heterocycles. The number of hydrogen-bond acceptors (Lipinski definition) is 4. The maximum Gasteiger partial charge on any atom is 0.127 e. The molecule has 0 unspecified atom stereocenters. The minimum absolute atomic E-state index is 0.432. The van der Waals surface area contributed by atoms with Crippen LogP contribution in [-0.4, -0.2) is 15.0 Å². The lowest BCUT2D eigenvalue weighted by Gasteiger charge is -2.09. The lowest BCUT2D eigenvalue weighted by Crippen LogP contribution is -2.05. The first kappa shape index (κ1) is 14.0. The van der Waals surface area contributed by atoms with Crippen molar-refractivity contribution in [1.82, 2.24) is 15.0 Å². The second-order valence-electron chi connectivity index (χ2n) is 5.72. The average Bonchev–Trinajstić information content (AvgIpc) is 3.35. The van der Waals surface area contributed by atoms with E-state index in [1.807, 2.05) is 59.3 Å². The van der Waals surface area contributed by atoms with Crippen molar-refractivity contribution in [2.75, 3.05) is 0 Å². The Morgan fingerprint density at radius 2 is 1.70 bits per heavy atom. The molecule has 1 aliphatic carbocycles. The maximum atomic E-state index is 5.82. The average molecular weight is 306 g/mol. The molecule has 0 bridgehead atoms. The van der Waals surface area contributed by atoms with E-state index in [0.29, 0.717) is 12.5 Å². The zero-order valence-electron chi connectivity index (χ0n) is 12.7. The van der Waals surface area contributed by atoms with Crippen molar-refractivity contribution in [3.63, 3.8) is 0 Å². The molecule has 1 saturated carbocycles. The third kappa shape index (κ3) is 2.83. The quantitative estimate of drug-likeness (QED) is 0.784. The molecular formula is C18H18N4O. The van der Waals surface area contributed by atoms with Gasteiger partial charge in [0.2, 0.25) is 0 Å². The highest BCUT2D eigenvalue weighted by molar-refractivity contribution is 5.41. The van der Waals surface area contributed by atoms with Gasteiger partial charge < -0.3 is 10.5 Å². The molecule has 1 aliphatic rings. The summed E-state index contributed by atoms with van der Waals surface area (Å²) in [4.78, 5) is 0. The van der Waals surface area contributed by atoms with Crippen LogP contribution in [0.5, 0.6) is 11.5 Å². The van der Waals surface area contributed by atoms with Crippen molar-refractivity contribution in [2.24, 2.45) is 5.73 Å². The van der Waals surface area contributed by atoms with Crippen molar-refractivity contribution < 1.29 is 4.74 Å². The largest absolute Gasteiger partial charge is 0.457 e. The van der Waals surface area contributed by atoms with Gasteiger partial charge in [-0.2, -0.15) is 0 Å². The molecule has 3 aromatic rings. The molecule has 116 valence electrons. The van der Waals surface area contributed by atoms with E-state index in [1.54, 1.807) is 0 Å². The third-order valence-corrected chi connectivity index (χ3v) is 4.00. The van der Waals surface area contributed by atoms with E-state index >= 15 is 0 Å². The molecule has 1 fully saturated rings. The zero-order valence-corrected chi connectivity index (χ0v) is 12.7. The number of nitrogens with zero attached hydrogens (tertiary/aromatic N) is 3. The highest BCUT2D eigenvalue weighted by atomic mass is 16.5. The van der Waals surface area contributed by atoms with E-state index in [9.17, 15) is 0 Å². The Bertz CT molecular complexity index is 792. The molecule has 5 heteroatoms. The van der Waals surface area contributed by atoms with Crippen LogP contribution in [0.25, 0.3) is 5.69 Å². The van der Waals surface area contributed by atoms with Gasteiger partial charge in [-0.25, -0.2) is 4.68 Å². The number of nitrogens with two attached hydrogens (primary N) is 1. The summed E-state index contributed by atoms with van der Waals surface area (Å²) < 4.78 is 7.73. The number of para-hydroxylation sites is 1. The van der Waals surface area contributed by atoms with E-state index in [4.69, 9.17) is 10.5 Å². The Morgan fingerprint density at radius 3 is 2.35 bits per heavy atom. The van der Waals surface area contributed by atoms with E-state index in [0.717, 1.165) is 28.6 Å². The molecule has 2 aromatic carbocycles. The van der Waals surface area contributed by atoms with Crippen molar-refractivity contribution in [3.05, 3.63) is 66.0 Å². The number of ether oxygens (including phenoxy) is 1. The van der Waals surface area contributed by atoms with Gasteiger partial charge in [0.15, 0.2) is 0 Å². The molecule has 0 aliphatic heterocycles. The fourth-order valence-corrected chi connectivity index (χ4v) is 2.70. The summed E-state index contributed by atoms with van der Waals surface area (Å²) >= 11 is 0. The van der Waals surface area contributed by atoms with Crippen LogP contribution in [0.15, 0.2) is 54.6 Å². The van der Waals surface area contributed by atoms with Crippen LogP contribution in [0.2, 0.25) is 0 Å². The van der Waals surface area contributed by atoms with Crippen molar-refractivity contribution in [1.29, 1.82) is 0 Å². The second kappa shape index (κ2) is 5.85. The minimum Gasteiger partial charge on any atom is -0.457 e. The topological polar surface area (TPSA) is 66.0 Å². The Balaban J connectivity index is 1.60. The van der Waals surface area contributed by atoms with Gasteiger partial charge in [-0.3, -0.25) is 0 Å². The smallest absolute Gasteiger partial charge is 0.127 e. The summed E-state index contributed by atoms with van der Waals surface area (Å²) in [6.45, 7) is 0.432. The van der Waals surface area contributed by atoms with Gasteiger partial charge in [0.1, 0.15) is 17.2 Å². The van der Waals surface area contributed by atoms with Gasteiger partial charge in [-0.1, -0.05) is 23.4 Å². The first-order chi connectivity index (χ1) is 11.3. The van der Waals surface area contributed by atoms with Gasteiger partial charge in [0.25, 0.3) is 0 Å². The number of rotatable bonds is 5. The Kier molecular flexibility index (Phi) is 3.55. The molecule has 23 heavy (non-hydrogen) atoms. The standard InChI is InChI=1S/C18H18N4O/c19-12-17-18(13-6-7-13)22(21-20-17)14-8-10-16(11-9-14)23-15-4-2-1-3-5-15/h1-5,8-11,13H,6-7,12,19H2. The molecule has 0 amide bonds. The molecule has 4 rings (SSSR count). The maximum absolute atomic E-state index is 5.82. The Labute approximate surface area is 134 Å². The van der Waals surface area contributed by atoms with E-state index in [-0.39, 0.29) is 0 Å². The van der Waals surface area contributed by atoms with Crippen LogP contribution in [0.3, 0.4) is 0 Å². The molecule has 1 heterocycles. The van der Waals surface area contributed by atoms with E-state index in [1.165, 1.54) is 12.8 Å². The summed E-state index contributed by atoms with van der Waals surface area (Å²) in [6, 6.07) is 17.6. The molecule has 0 saturated heterocycles. The first-order valence-electron chi connectivity index (χ1n) is 7.83. The van der Waals surface area contributed by atoms with Crippen molar-refractivity contribution >= 4 is 0 Å². The summed E-state index contributed by atoms with van der Waals surface area (Å²) in [7, 11) is 0. The highest BCUT2D eigenvalue weighted by Crippen LogP contribution is 2.41.